The molecule has 0 atom stereocenters. The molecule has 0 amide bonds. The fourth-order valence-electron chi connectivity index (χ4n) is 1.75. The van der Waals surface area contributed by atoms with E-state index in [2.05, 4.69) is 10.4 Å². The van der Waals surface area contributed by atoms with E-state index in [-0.39, 0.29) is 5.69 Å². The number of nitro benzene ring substituents is 1. The Kier molecular flexibility index (Phi) is 3.65. The SMILES string of the molecule is Cn1ccc(CCNc2ccc([N+](=O)[O-])cc2N)n1. The second-order valence-corrected chi connectivity index (χ2v) is 4.19. The predicted octanol–water partition coefficient (Wildman–Crippen LogP) is 1.57. The topological polar surface area (TPSA) is 99.0 Å². The van der Waals surface area contributed by atoms with Gasteiger partial charge in [0.05, 0.1) is 22.0 Å². The van der Waals surface area contributed by atoms with Crippen LogP contribution >= 0.6 is 0 Å². The number of nitrogens with zero attached hydrogens (tertiary/aromatic N) is 3. The van der Waals surface area contributed by atoms with Gasteiger partial charge in [-0.05, 0) is 12.1 Å². The molecule has 2 rings (SSSR count). The number of nitrogen functional groups attached to an aromatic ring is 1. The number of benzene rings is 1. The van der Waals surface area contributed by atoms with Crippen molar-refractivity contribution in [1.29, 1.82) is 0 Å². The van der Waals surface area contributed by atoms with E-state index in [1.807, 2.05) is 19.3 Å². The number of aryl methyl sites for hydroxylation is 1. The van der Waals surface area contributed by atoms with E-state index in [1.54, 1.807) is 10.7 Å². The number of non-ortho nitro benzene ring substituents is 1. The van der Waals surface area contributed by atoms with E-state index < -0.39 is 4.92 Å². The zero-order valence-electron chi connectivity index (χ0n) is 10.5. The minimum Gasteiger partial charge on any atom is -0.397 e. The van der Waals surface area contributed by atoms with Gasteiger partial charge in [-0.25, -0.2) is 0 Å². The van der Waals surface area contributed by atoms with Crippen LogP contribution in [-0.4, -0.2) is 21.2 Å². The van der Waals surface area contributed by atoms with E-state index in [0.717, 1.165) is 12.1 Å². The Labute approximate surface area is 110 Å². The van der Waals surface area contributed by atoms with Crippen LogP contribution in [0.3, 0.4) is 0 Å². The number of nitrogens with one attached hydrogen (secondary N) is 1. The van der Waals surface area contributed by atoms with Crippen LogP contribution in [0.5, 0.6) is 0 Å². The Bertz CT molecular complexity index is 594. The quantitative estimate of drug-likeness (QED) is 0.483. The first-order valence-electron chi connectivity index (χ1n) is 5.82. The zero-order chi connectivity index (χ0) is 13.8. The smallest absolute Gasteiger partial charge is 0.271 e. The van der Waals surface area contributed by atoms with Crippen LogP contribution in [-0.2, 0) is 13.5 Å². The van der Waals surface area contributed by atoms with Crippen LogP contribution < -0.4 is 11.1 Å². The van der Waals surface area contributed by atoms with E-state index in [9.17, 15) is 10.1 Å². The van der Waals surface area contributed by atoms with Gasteiger partial charge in [-0.2, -0.15) is 5.10 Å². The minimum absolute atomic E-state index is 0.00669. The first-order valence-corrected chi connectivity index (χ1v) is 5.82. The van der Waals surface area contributed by atoms with Crippen molar-refractivity contribution in [2.24, 2.45) is 7.05 Å². The maximum atomic E-state index is 10.6. The third-order valence-corrected chi connectivity index (χ3v) is 2.71. The molecule has 0 aliphatic heterocycles. The highest BCUT2D eigenvalue weighted by molar-refractivity contribution is 5.69. The van der Waals surface area contributed by atoms with Crippen LogP contribution in [0.1, 0.15) is 5.69 Å². The number of rotatable bonds is 5. The van der Waals surface area contributed by atoms with Crippen molar-refractivity contribution in [1.82, 2.24) is 9.78 Å². The van der Waals surface area contributed by atoms with E-state index in [4.69, 9.17) is 5.73 Å². The van der Waals surface area contributed by atoms with Crippen molar-refractivity contribution in [2.75, 3.05) is 17.6 Å². The van der Waals surface area contributed by atoms with Crippen LogP contribution in [0.2, 0.25) is 0 Å². The number of anilines is 2. The second-order valence-electron chi connectivity index (χ2n) is 4.19. The van der Waals surface area contributed by atoms with Crippen molar-refractivity contribution < 1.29 is 4.92 Å². The van der Waals surface area contributed by atoms with Crippen LogP contribution in [0.4, 0.5) is 17.1 Å². The molecule has 0 bridgehead atoms. The molecule has 2 aromatic rings. The molecule has 0 aliphatic rings. The molecule has 100 valence electrons. The summed E-state index contributed by atoms with van der Waals surface area (Å²) in [6, 6.07) is 6.34. The van der Waals surface area contributed by atoms with E-state index in [0.29, 0.717) is 17.9 Å². The zero-order valence-corrected chi connectivity index (χ0v) is 10.5. The molecular formula is C12H15N5O2. The molecule has 0 unspecified atom stereocenters. The van der Waals surface area contributed by atoms with Gasteiger partial charge in [0.2, 0.25) is 0 Å². The summed E-state index contributed by atoms with van der Waals surface area (Å²) in [7, 11) is 1.87. The van der Waals surface area contributed by atoms with Crippen molar-refractivity contribution in [2.45, 2.75) is 6.42 Å². The van der Waals surface area contributed by atoms with Gasteiger partial charge in [-0.3, -0.25) is 14.8 Å². The van der Waals surface area contributed by atoms with Gasteiger partial charge in [-0.15, -0.1) is 0 Å². The van der Waals surface area contributed by atoms with E-state index in [1.165, 1.54) is 12.1 Å². The third kappa shape index (κ3) is 3.21. The monoisotopic (exact) mass is 261 g/mol. The minimum atomic E-state index is -0.464. The Morgan fingerprint density at radius 2 is 2.26 bits per heavy atom. The standard InChI is InChI=1S/C12H15N5O2/c1-16-7-5-9(15-16)4-6-14-12-3-2-10(17(18)19)8-11(12)13/h2-3,5,7-8,14H,4,6,13H2,1H3. The van der Waals surface area contributed by atoms with Crippen molar-refractivity contribution in [3.8, 4) is 0 Å². The van der Waals surface area contributed by atoms with Crippen molar-refractivity contribution >= 4 is 17.1 Å². The molecule has 7 heteroatoms. The summed E-state index contributed by atoms with van der Waals surface area (Å²) in [5.41, 5.74) is 7.80. The third-order valence-electron chi connectivity index (χ3n) is 2.71. The molecule has 0 fully saturated rings. The number of nitro groups is 1. The van der Waals surface area contributed by atoms with Crippen LogP contribution in [0.15, 0.2) is 30.5 Å². The average Bonchev–Trinajstić information content (AvgIpc) is 2.77. The summed E-state index contributed by atoms with van der Waals surface area (Å²) >= 11 is 0. The lowest BCUT2D eigenvalue weighted by Gasteiger charge is -2.08. The fourth-order valence-corrected chi connectivity index (χ4v) is 1.75. The lowest BCUT2D eigenvalue weighted by atomic mass is 10.2. The Morgan fingerprint density at radius 1 is 1.47 bits per heavy atom. The molecule has 0 saturated heterocycles. The number of hydrogen-bond donors (Lipinski definition) is 2. The Balaban J connectivity index is 1.94. The first-order chi connectivity index (χ1) is 9.06. The molecule has 3 N–H and O–H groups in total. The molecule has 7 nitrogen and oxygen atoms in total. The van der Waals surface area contributed by atoms with Gasteiger partial charge in [-0.1, -0.05) is 0 Å². The molecule has 1 aromatic carbocycles. The molecule has 0 radical (unpaired) electrons. The number of nitrogens with two attached hydrogens (primary N) is 1. The number of hydrogen-bond acceptors (Lipinski definition) is 5. The summed E-state index contributed by atoms with van der Waals surface area (Å²) in [5.74, 6) is 0. The van der Waals surface area contributed by atoms with Crippen LogP contribution in [0, 0.1) is 10.1 Å². The van der Waals surface area contributed by atoms with E-state index >= 15 is 0 Å². The van der Waals surface area contributed by atoms with Gasteiger partial charge in [0, 0.05) is 38.3 Å². The molecule has 0 aliphatic carbocycles. The Hall–Kier alpha value is -2.57. The maximum Gasteiger partial charge on any atom is 0.271 e. The molecule has 0 spiro atoms. The highest BCUT2D eigenvalue weighted by Gasteiger charge is 2.08. The molecule has 1 aromatic heterocycles. The van der Waals surface area contributed by atoms with Crippen molar-refractivity contribution in [3.63, 3.8) is 0 Å². The van der Waals surface area contributed by atoms with Gasteiger partial charge in [0.15, 0.2) is 0 Å². The first kappa shape index (κ1) is 12.9. The molecule has 0 saturated carbocycles. The highest BCUT2D eigenvalue weighted by atomic mass is 16.6. The summed E-state index contributed by atoms with van der Waals surface area (Å²) in [6.45, 7) is 0.666. The summed E-state index contributed by atoms with van der Waals surface area (Å²) in [4.78, 5) is 10.1. The van der Waals surface area contributed by atoms with Gasteiger partial charge >= 0.3 is 0 Å². The fraction of sp³-hybridized carbons (Fsp3) is 0.250. The highest BCUT2D eigenvalue weighted by Crippen LogP contribution is 2.23. The Morgan fingerprint density at radius 3 is 2.84 bits per heavy atom. The summed E-state index contributed by atoms with van der Waals surface area (Å²) in [5, 5.41) is 18.0. The maximum absolute atomic E-state index is 10.6. The normalized spacial score (nSPS) is 10.4. The van der Waals surface area contributed by atoms with Crippen LogP contribution in [0.25, 0.3) is 0 Å². The summed E-state index contributed by atoms with van der Waals surface area (Å²) in [6.07, 6.45) is 2.65. The van der Waals surface area contributed by atoms with Gasteiger partial charge < -0.3 is 11.1 Å². The lowest BCUT2D eigenvalue weighted by molar-refractivity contribution is -0.384. The number of aromatic nitrogens is 2. The molecular weight excluding hydrogens is 246 g/mol. The predicted molar refractivity (Wildman–Crippen MR) is 72.9 cm³/mol. The lowest BCUT2D eigenvalue weighted by Crippen LogP contribution is -2.07. The van der Waals surface area contributed by atoms with Gasteiger partial charge in [0.25, 0.3) is 5.69 Å². The van der Waals surface area contributed by atoms with Crippen molar-refractivity contribution in [3.05, 3.63) is 46.3 Å². The average molecular weight is 261 g/mol. The van der Waals surface area contributed by atoms with Gasteiger partial charge in [0.1, 0.15) is 0 Å². The second kappa shape index (κ2) is 5.38. The largest absolute Gasteiger partial charge is 0.397 e. The molecule has 19 heavy (non-hydrogen) atoms. The summed E-state index contributed by atoms with van der Waals surface area (Å²) < 4.78 is 1.75. The molecule has 1 heterocycles.